The number of halogens is 1. The van der Waals surface area contributed by atoms with Crippen LogP contribution in [0.3, 0.4) is 0 Å². The quantitative estimate of drug-likeness (QED) is 0.460. The van der Waals surface area contributed by atoms with E-state index in [-0.39, 0.29) is 28.9 Å². The van der Waals surface area contributed by atoms with Gasteiger partial charge in [0.2, 0.25) is 5.91 Å². The van der Waals surface area contributed by atoms with E-state index in [0.717, 1.165) is 4.31 Å². The van der Waals surface area contributed by atoms with Crippen LogP contribution in [0.1, 0.15) is 0 Å². The minimum absolute atomic E-state index is 0.0267. The van der Waals surface area contributed by atoms with Gasteiger partial charge in [-0.05, 0) is 36.4 Å². The van der Waals surface area contributed by atoms with Gasteiger partial charge in [0, 0.05) is 32.2 Å². The predicted molar refractivity (Wildman–Crippen MR) is 136 cm³/mol. The maximum atomic E-state index is 14.2. The van der Waals surface area contributed by atoms with Gasteiger partial charge in [0.15, 0.2) is 11.5 Å². The largest absolute Gasteiger partial charge is 0.493 e. The average Bonchev–Trinajstić information content (AvgIpc) is 2.92. The van der Waals surface area contributed by atoms with Crippen molar-refractivity contribution in [1.82, 2.24) is 4.90 Å². The summed E-state index contributed by atoms with van der Waals surface area (Å²) in [6.45, 7) is 1.22. The van der Waals surface area contributed by atoms with E-state index in [9.17, 15) is 17.6 Å². The molecule has 0 radical (unpaired) electrons. The summed E-state index contributed by atoms with van der Waals surface area (Å²) in [5.41, 5.74) is 0.858. The van der Waals surface area contributed by atoms with Gasteiger partial charge in [0.05, 0.1) is 30.5 Å². The van der Waals surface area contributed by atoms with Crippen molar-refractivity contribution in [2.45, 2.75) is 4.90 Å². The highest BCUT2D eigenvalue weighted by atomic mass is 32.2. The van der Waals surface area contributed by atoms with E-state index in [1.54, 1.807) is 53.4 Å². The first-order chi connectivity index (χ1) is 17.3. The van der Waals surface area contributed by atoms with Crippen LogP contribution in [0, 0.1) is 5.82 Å². The van der Waals surface area contributed by atoms with Crippen LogP contribution in [0.25, 0.3) is 0 Å². The molecule has 0 saturated carbocycles. The van der Waals surface area contributed by atoms with Crippen molar-refractivity contribution in [2.75, 3.05) is 56.1 Å². The Labute approximate surface area is 210 Å². The van der Waals surface area contributed by atoms with E-state index in [4.69, 9.17) is 9.47 Å². The minimum Gasteiger partial charge on any atom is -0.493 e. The van der Waals surface area contributed by atoms with E-state index < -0.39 is 10.0 Å². The molecule has 3 aromatic rings. The number of carbonyl (C=O) groups excluding carboxylic acids is 1. The number of benzene rings is 3. The third kappa shape index (κ3) is 5.23. The SMILES string of the molecule is COc1ccc(S(=O)(=O)N(CC(=O)N2CCN(c3ccccc3F)CC2)c2ccccc2)cc1OC. The van der Waals surface area contributed by atoms with Gasteiger partial charge < -0.3 is 19.3 Å². The number of ether oxygens (including phenoxy) is 2. The van der Waals surface area contributed by atoms with Crippen molar-refractivity contribution in [3.05, 3.63) is 78.6 Å². The van der Waals surface area contributed by atoms with E-state index >= 15 is 0 Å². The topological polar surface area (TPSA) is 79.4 Å². The van der Waals surface area contributed by atoms with E-state index in [1.165, 1.54) is 38.5 Å². The molecule has 1 heterocycles. The lowest BCUT2D eigenvalue weighted by atomic mass is 10.2. The fourth-order valence-corrected chi connectivity index (χ4v) is 5.57. The number of hydrogen-bond donors (Lipinski definition) is 0. The molecule has 0 atom stereocenters. The standard InChI is InChI=1S/C26H28FN3O5S/c1-34-24-13-12-21(18-25(24)35-2)36(32,33)30(20-8-4-3-5-9-20)19-26(31)29-16-14-28(15-17-29)23-11-7-6-10-22(23)27/h3-13,18H,14-17,19H2,1-2H3. The van der Waals surface area contributed by atoms with Gasteiger partial charge in [-0.3, -0.25) is 9.10 Å². The molecule has 190 valence electrons. The Morgan fingerprint density at radius 1 is 0.889 bits per heavy atom. The molecule has 0 N–H and O–H groups in total. The monoisotopic (exact) mass is 513 g/mol. The fourth-order valence-electron chi connectivity index (χ4n) is 4.14. The summed E-state index contributed by atoms with van der Waals surface area (Å²) >= 11 is 0. The van der Waals surface area contributed by atoms with Crippen molar-refractivity contribution in [3.8, 4) is 11.5 Å². The Morgan fingerprint density at radius 3 is 2.17 bits per heavy atom. The third-order valence-electron chi connectivity index (χ3n) is 6.09. The van der Waals surface area contributed by atoms with Gasteiger partial charge in [0.1, 0.15) is 12.4 Å². The highest BCUT2D eigenvalue weighted by molar-refractivity contribution is 7.92. The first-order valence-corrected chi connectivity index (χ1v) is 12.9. The van der Waals surface area contributed by atoms with E-state index in [2.05, 4.69) is 0 Å². The van der Waals surface area contributed by atoms with Gasteiger partial charge >= 0.3 is 0 Å². The molecule has 0 unspecified atom stereocenters. The molecule has 8 nitrogen and oxygen atoms in total. The number of hydrogen-bond acceptors (Lipinski definition) is 6. The maximum absolute atomic E-state index is 14.2. The average molecular weight is 514 g/mol. The molecule has 0 bridgehead atoms. The summed E-state index contributed by atoms with van der Waals surface area (Å²) in [7, 11) is -1.23. The summed E-state index contributed by atoms with van der Waals surface area (Å²) in [4.78, 5) is 16.7. The highest BCUT2D eigenvalue weighted by Gasteiger charge is 2.31. The lowest BCUT2D eigenvalue weighted by Gasteiger charge is -2.37. The molecule has 4 rings (SSSR count). The number of piperazine rings is 1. The third-order valence-corrected chi connectivity index (χ3v) is 7.86. The van der Waals surface area contributed by atoms with E-state index in [0.29, 0.717) is 43.3 Å². The summed E-state index contributed by atoms with van der Waals surface area (Å²) in [5, 5.41) is 0. The molecule has 1 aliphatic heterocycles. The zero-order valence-corrected chi connectivity index (χ0v) is 20.9. The van der Waals surface area contributed by atoms with Crippen LogP contribution >= 0.6 is 0 Å². The van der Waals surface area contributed by atoms with Crippen LogP contribution in [0.15, 0.2) is 77.7 Å². The molecule has 1 fully saturated rings. The number of rotatable bonds is 8. The summed E-state index contributed by atoms with van der Waals surface area (Å²) in [6.07, 6.45) is 0. The van der Waals surface area contributed by atoms with Crippen molar-refractivity contribution in [3.63, 3.8) is 0 Å². The van der Waals surface area contributed by atoms with Crippen LogP contribution in [0.2, 0.25) is 0 Å². The van der Waals surface area contributed by atoms with Crippen LogP contribution in [0.5, 0.6) is 11.5 Å². The summed E-state index contributed by atoms with van der Waals surface area (Å²) in [6, 6.07) is 19.3. The summed E-state index contributed by atoms with van der Waals surface area (Å²) in [5.74, 6) is 0.0123. The highest BCUT2D eigenvalue weighted by Crippen LogP contribution is 2.32. The summed E-state index contributed by atoms with van der Waals surface area (Å²) < 4.78 is 53.2. The van der Waals surface area contributed by atoms with Gasteiger partial charge in [-0.1, -0.05) is 30.3 Å². The van der Waals surface area contributed by atoms with Crippen molar-refractivity contribution in [1.29, 1.82) is 0 Å². The minimum atomic E-state index is -4.11. The van der Waals surface area contributed by atoms with Gasteiger partial charge in [0.25, 0.3) is 10.0 Å². The number of amides is 1. The number of carbonyl (C=O) groups is 1. The van der Waals surface area contributed by atoms with Crippen LogP contribution in [-0.4, -0.2) is 66.2 Å². The predicted octanol–water partition coefficient (Wildman–Crippen LogP) is 3.39. The first-order valence-electron chi connectivity index (χ1n) is 11.4. The Balaban J connectivity index is 1.56. The normalized spacial score (nSPS) is 13.9. The first kappa shape index (κ1) is 25.3. The van der Waals surface area contributed by atoms with E-state index in [1.807, 2.05) is 4.90 Å². The fraction of sp³-hybridized carbons (Fsp3) is 0.269. The van der Waals surface area contributed by atoms with Gasteiger partial charge in [-0.15, -0.1) is 0 Å². The molecule has 1 amide bonds. The Kier molecular flexibility index (Phi) is 7.64. The number of para-hydroxylation sites is 2. The molecule has 3 aromatic carbocycles. The van der Waals surface area contributed by atoms with Gasteiger partial charge in [-0.2, -0.15) is 0 Å². The van der Waals surface area contributed by atoms with Crippen molar-refractivity contribution in [2.24, 2.45) is 0 Å². The molecule has 10 heteroatoms. The molecule has 1 saturated heterocycles. The lowest BCUT2D eigenvalue weighted by Crippen LogP contribution is -2.52. The van der Waals surface area contributed by atoms with Gasteiger partial charge in [-0.25, -0.2) is 12.8 Å². The zero-order chi connectivity index (χ0) is 25.7. The van der Waals surface area contributed by atoms with Crippen LogP contribution in [0.4, 0.5) is 15.8 Å². The van der Waals surface area contributed by atoms with Crippen molar-refractivity contribution < 1.29 is 27.1 Å². The smallest absolute Gasteiger partial charge is 0.264 e. The maximum Gasteiger partial charge on any atom is 0.264 e. The molecular formula is C26H28FN3O5S. The molecule has 0 spiro atoms. The molecule has 0 aliphatic carbocycles. The molecule has 1 aliphatic rings. The second kappa shape index (κ2) is 10.9. The number of sulfonamides is 1. The Morgan fingerprint density at radius 2 is 1.53 bits per heavy atom. The number of methoxy groups -OCH3 is 2. The Hall–Kier alpha value is -3.79. The van der Waals surface area contributed by atoms with Crippen LogP contribution < -0.4 is 18.7 Å². The molecule has 0 aromatic heterocycles. The lowest BCUT2D eigenvalue weighted by molar-refractivity contribution is -0.129. The molecule has 36 heavy (non-hydrogen) atoms. The second-order valence-electron chi connectivity index (χ2n) is 8.18. The Bertz CT molecular complexity index is 1310. The van der Waals surface area contributed by atoms with Crippen molar-refractivity contribution >= 4 is 27.3 Å². The number of nitrogens with zero attached hydrogens (tertiary/aromatic N) is 3. The zero-order valence-electron chi connectivity index (χ0n) is 20.1. The number of anilines is 2. The molecular weight excluding hydrogens is 485 g/mol. The second-order valence-corrected chi connectivity index (χ2v) is 10.0. The van der Waals surface area contributed by atoms with Crippen LogP contribution in [-0.2, 0) is 14.8 Å².